The molecule has 96 valence electrons. The summed E-state index contributed by atoms with van der Waals surface area (Å²) in [6.45, 7) is 1.65. The number of halogens is 1. The summed E-state index contributed by atoms with van der Waals surface area (Å²) in [7, 11) is -3.92. The first-order chi connectivity index (χ1) is 8.38. The molecule has 0 bridgehead atoms. The quantitative estimate of drug-likeness (QED) is 0.824. The Bertz CT molecular complexity index is 681. The first-order valence-electron chi connectivity index (χ1n) is 4.89. The van der Waals surface area contributed by atoms with Crippen molar-refractivity contribution in [3.05, 3.63) is 35.8 Å². The molecule has 6 nitrogen and oxygen atoms in total. The van der Waals surface area contributed by atoms with Crippen LogP contribution in [0.4, 0.5) is 16.0 Å². The van der Waals surface area contributed by atoms with Crippen molar-refractivity contribution < 1.29 is 17.3 Å². The third-order valence-corrected chi connectivity index (χ3v) is 3.54. The van der Waals surface area contributed by atoms with Crippen LogP contribution in [0, 0.1) is 12.7 Å². The smallest absolute Gasteiger partial charge is 0.266 e. The van der Waals surface area contributed by atoms with Gasteiger partial charge in [0, 0.05) is 6.07 Å². The second-order valence-electron chi connectivity index (χ2n) is 3.62. The normalized spacial score (nSPS) is 11.4. The summed E-state index contributed by atoms with van der Waals surface area (Å²) in [4.78, 5) is -0.224. The van der Waals surface area contributed by atoms with Crippen molar-refractivity contribution in [1.29, 1.82) is 0 Å². The number of sulfonamides is 1. The van der Waals surface area contributed by atoms with E-state index < -0.39 is 15.8 Å². The van der Waals surface area contributed by atoms with E-state index in [1.807, 2.05) is 0 Å². The largest absolute Gasteiger partial charge is 0.398 e. The van der Waals surface area contributed by atoms with Gasteiger partial charge in [-0.15, -0.1) is 0 Å². The molecular formula is C10H10FN3O3S. The predicted octanol–water partition coefficient (Wildman–Crippen LogP) is 1.51. The van der Waals surface area contributed by atoms with Crippen LogP contribution < -0.4 is 10.5 Å². The Morgan fingerprint density at radius 1 is 1.39 bits per heavy atom. The van der Waals surface area contributed by atoms with Crippen LogP contribution in [0.1, 0.15) is 5.69 Å². The van der Waals surface area contributed by atoms with Crippen LogP contribution in [0.15, 0.2) is 33.7 Å². The van der Waals surface area contributed by atoms with Gasteiger partial charge in [0.15, 0.2) is 0 Å². The maximum Gasteiger partial charge on any atom is 0.266 e. The molecule has 0 saturated carbocycles. The summed E-state index contributed by atoms with van der Waals surface area (Å²) in [5.74, 6) is -0.641. The first kappa shape index (κ1) is 12.4. The topological polar surface area (TPSA) is 98.2 Å². The molecule has 0 fully saturated rings. The number of aryl methyl sites for hydroxylation is 1. The molecule has 0 aliphatic rings. The summed E-state index contributed by atoms with van der Waals surface area (Å²) in [5, 5.41) is 3.54. The second kappa shape index (κ2) is 4.30. The lowest BCUT2D eigenvalue weighted by molar-refractivity contribution is 0.430. The lowest BCUT2D eigenvalue weighted by Crippen LogP contribution is -2.14. The minimum absolute atomic E-state index is 0.0313. The third-order valence-electron chi connectivity index (χ3n) is 2.12. The second-order valence-corrected chi connectivity index (χ2v) is 5.27. The molecular weight excluding hydrogens is 261 g/mol. The molecule has 3 N–H and O–H groups in total. The van der Waals surface area contributed by atoms with Gasteiger partial charge in [0.05, 0.1) is 11.4 Å². The van der Waals surface area contributed by atoms with Crippen molar-refractivity contribution in [2.24, 2.45) is 0 Å². The van der Waals surface area contributed by atoms with Crippen LogP contribution >= 0.6 is 0 Å². The van der Waals surface area contributed by atoms with Crippen molar-refractivity contribution in [2.75, 3.05) is 10.5 Å². The number of nitrogens with zero attached hydrogens (tertiary/aromatic N) is 1. The zero-order valence-electron chi connectivity index (χ0n) is 9.34. The van der Waals surface area contributed by atoms with Gasteiger partial charge in [-0.3, -0.25) is 0 Å². The van der Waals surface area contributed by atoms with Gasteiger partial charge in [0.2, 0.25) is 5.88 Å². The Kier molecular flexibility index (Phi) is 2.95. The van der Waals surface area contributed by atoms with E-state index in [2.05, 4.69) is 9.88 Å². The lowest BCUT2D eigenvalue weighted by atomic mass is 10.3. The van der Waals surface area contributed by atoms with Gasteiger partial charge in [-0.25, -0.2) is 17.5 Å². The monoisotopic (exact) mass is 271 g/mol. The minimum Gasteiger partial charge on any atom is -0.398 e. The van der Waals surface area contributed by atoms with Crippen molar-refractivity contribution in [3.63, 3.8) is 0 Å². The van der Waals surface area contributed by atoms with Gasteiger partial charge < -0.3 is 10.3 Å². The number of nitrogens with one attached hydrogen (secondary N) is 1. The molecule has 18 heavy (non-hydrogen) atoms. The Balaban J connectivity index is 2.36. The zero-order valence-corrected chi connectivity index (χ0v) is 10.2. The van der Waals surface area contributed by atoms with Crippen LogP contribution in [0.2, 0.25) is 0 Å². The predicted molar refractivity (Wildman–Crippen MR) is 62.9 cm³/mol. The molecule has 0 saturated heterocycles. The Morgan fingerprint density at radius 3 is 2.67 bits per heavy atom. The maximum absolute atomic E-state index is 12.8. The average molecular weight is 271 g/mol. The molecule has 0 amide bonds. The maximum atomic E-state index is 12.8. The molecule has 0 unspecified atom stereocenters. The molecule has 2 rings (SSSR count). The van der Waals surface area contributed by atoms with E-state index in [0.29, 0.717) is 5.69 Å². The number of aromatic nitrogens is 1. The standard InChI is InChI=1S/C10H10FN3O3S/c1-6-4-10(17-13-6)14-18(15,16)9-3-2-7(11)5-8(9)12/h2-5,14H,12H2,1H3. The number of rotatable bonds is 3. The van der Waals surface area contributed by atoms with Gasteiger partial charge in [-0.2, -0.15) is 0 Å². The van der Waals surface area contributed by atoms with Gasteiger partial charge in [-0.1, -0.05) is 5.16 Å². The fraction of sp³-hybridized carbons (Fsp3) is 0.100. The van der Waals surface area contributed by atoms with Gasteiger partial charge in [0.25, 0.3) is 10.0 Å². The summed E-state index contributed by atoms with van der Waals surface area (Å²) < 4.78 is 43.6. The number of hydrogen-bond donors (Lipinski definition) is 2. The lowest BCUT2D eigenvalue weighted by Gasteiger charge is -2.07. The summed E-state index contributed by atoms with van der Waals surface area (Å²) in [6.07, 6.45) is 0. The van der Waals surface area contributed by atoms with E-state index >= 15 is 0 Å². The Hall–Kier alpha value is -2.09. The van der Waals surface area contributed by atoms with Crippen LogP contribution in [0.25, 0.3) is 0 Å². The van der Waals surface area contributed by atoms with E-state index in [4.69, 9.17) is 10.3 Å². The number of nitrogen functional groups attached to an aromatic ring is 1. The van der Waals surface area contributed by atoms with Crippen molar-refractivity contribution >= 4 is 21.6 Å². The molecule has 8 heteroatoms. The van der Waals surface area contributed by atoms with E-state index in [0.717, 1.165) is 18.2 Å². The van der Waals surface area contributed by atoms with Crippen molar-refractivity contribution in [3.8, 4) is 0 Å². The zero-order chi connectivity index (χ0) is 13.3. The van der Waals surface area contributed by atoms with E-state index in [1.54, 1.807) is 6.92 Å². The highest BCUT2D eigenvalue weighted by molar-refractivity contribution is 7.92. The molecule has 1 aromatic carbocycles. The molecule has 1 heterocycles. The number of hydrogen-bond acceptors (Lipinski definition) is 5. The fourth-order valence-electron chi connectivity index (χ4n) is 1.36. The molecule has 0 aliphatic carbocycles. The SMILES string of the molecule is Cc1cc(NS(=O)(=O)c2ccc(F)cc2N)on1. The molecule has 2 aromatic rings. The molecule has 0 aliphatic heterocycles. The highest BCUT2D eigenvalue weighted by Gasteiger charge is 2.19. The van der Waals surface area contributed by atoms with E-state index in [1.165, 1.54) is 6.07 Å². The van der Waals surface area contributed by atoms with Gasteiger partial charge in [0.1, 0.15) is 10.7 Å². The number of benzene rings is 1. The van der Waals surface area contributed by atoms with Crippen LogP contribution in [-0.4, -0.2) is 13.6 Å². The van der Waals surface area contributed by atoms with Gasteiger partial charge in [-0.05, 0) is 25.1 Å². The van der Waals surface area contributed by atoms with E-state index in [9.17, 15) is 12.8 Å². The summed E-state index contributed by atoms with van der Waals surface area (Å²) in [5.41, 5.74) is 5.81. The Labute approximate surface area is 103 Å². The van der Waals surface area contributed by atoms with E-state index in [-0.39, 0.29) is 16.5 Å². The summed E-state index contributed by atoms with van der Waals surface area (Å²) >= 11 is 0. The van der Waals surface area contributed by atoms with Gasteiger partial charge >= 0.3 is 0 Å². The molecule has 0 atom stereocenters. The molecule has 0 radical (unpaired) electrons. The van der Waals surface area contributed by atoms with Crippen LogP contribution in [0.3, 0.4) is 0 Å². The minimum atomic E-state index is -3.92. The van der Waals surface area contributed by atoms with Crippen molar-refractivity contribution in [1.82, 2.24) is 5.16 Å². The molecule has 0 spiro atoms. The summed E-state index contributed by atoms with van der Waals surface area (Å²) in [6, 6.07) is 4.43. The fourth-order valence-corrected chi connectivity index (χ4v) is 2.45. The first-order valence-corrected chi connectivity index (χ1v) is 6.38. The number of anilines is 2. The highest BCUT2D eigenvalue weighted by atomic mass is 32.2. The average Bonchev–Trinajstić information content (AvgIpc) is 2.62. The Morgan fingerprint density at radius 2 is 2.11 bits per heavy atom. The third kappa shape index (κ3) is 2.43. The number of nitrogens with two attached hydrogens (primary N) is 1. The highest BCUT2D eigenvalue weighted by Crippen LogP contribution is 2.22. The van der Waals surface area contributed by atoms with Crippen LogP contribution in [0.5, 0.6) is 0 Å². The van der Waals surface area contributed by atoms with Crippen LogP contribution in [-0.2, 0) is 10.0 Å². The molecule has 1 aromatic heterocycles. The van der Waals surface area contributed by atoms with Crippen molar-refractivity contribution in [2.45, 2.75) is 11.8 Å².